The van der Waals surface area contributed by atoms with Crippen molar-refractivity contribution in [3.63, 3.8) is 0 Å². The number of carbonyl (C=O) groups excluding carboxylic acids is 1. The molecule has 0 aromatic carbocycles. The molecule has 100 valence electrons. The zero-order chi connectivity index (χ0) is 13.3. The van der Waals surface area contributed by atoms with Gasteiger partial charge in [-0.2, -0.15) is 0 Å². The lowest BCUT2D eigenvalue weighted by Gasteiger charge is -2.33. The van der Waals surface area contributed by atoms with Gasteiger partial charge in [0.15, 0.2) is 0 Å². The van der Waals surface area contributed by atoms with Crippen molar-refractivity contribution in [3.8, 4) is 0 Å². The van der Waals surface area contributed by atoms with Crippen molar-refractivity contribution in [2.24, 2.45) is 13.0 Å². The topological polar surface area (TPSA) is 45.5 Å². The van der Waals surface area contributed by atoms with E-state index in [1.54, 1.807) is 0 Å². The van der Waals surface area contributed by atoms with Crippen LogP contribution in [-0.2, 0) is 7.05 Å². The van der Waals surface area contributed by atoms with E-state index in [1.165, 1.54) is 0 Å². The summed E-state index contributed by atoms with van der Waals surface area (Å²) in [5.74, 6) is 0.404. The van der Waals surface area contributed by atoms with Crippen LogP contribution < -0.4 is 0 Å². The first kappa shape index (κ1) is 13.6. The molecule has 0 saturated carbocycles. The van der Waals surface area contributed by atoms with Gasteiger partial charge in [0.1, 0.15) is 5.69 Å². The molecule has 2 rings (SSSR count). The van der Waals surface area contributed by atoms with Gasteiger partial charge in [-0.25, -0.2) is 0 Å². The number of hydrogen-bond donors (Lipinski definition) is 1. The fourth-order valence-electron chi connectivity index (χ4n) is 2.48. The van der Waals surface area contributed by atoms with Crippen molar-refractivity contribution < 1.29 is 9.90 Å². The van der Waals surface area contributed by atoms with E-state index in [4.69, 9.17) is 0 Å². The van der Waals surface area contributed by atoms with Crippen molar-refractivity contribution >= 4 is 21.8 Å². The lowest BCUT2D eigenvalue weighted by molar-refractivity contribution is 0.0514. The van der Waals surface area contributed by atoms with Gasteiger partial charge >= 0.3 is 0 Å². The molecule has 0 spiro atoms. The Bertz CT molecular complexity index is 434. The Morgan fingerprint density at radius 2 is 2.11 bits per heavy atom. The van der Waals surface area contributed by atoms with Crippen LogP contribution in [0.15, 0.2) is 16.7 Å². The van der Waals surface area contributed by atoms with Crippen molar-refractivity contribution in [1.29, 1.82) is 0 Å². The van der Waals surface area contributed by atoms with Crippen molar-refractivity contribution in [1.82, 2.24) is 9.47 Å². The quantitative estimate of drug-likeness (QED) is 0.907. The first-order valence-corrected chi connectivity index (χ1v) is 7.07. The molecule has 5 heteroatoms. The maximum absolute atomic E-state index is 12.3. The van der Waals surface area contributed by atoms with Gasteiger partial charge in [-0.3, -0.25) is 4.79 Å². The largest absolute Gasteiger partial charge is 0.393 e. The third kappa shape index (κ3) is 2.78. The predicted molar refractivity (Wildman–Crippen MR) is 73.4 cm³/mol. The number of aliphatic hydroxyl groups excluding tert-OH is 1. The third-order valence-electron chi connectivity index (χ3n) is 3.70. The van der Waals surface area contributed by atoms with E-state index in [1.807, 2.05) is 35.7 Å². The molecule has 1 N–H and O–H groups in total. The molecule has 1 amide bonds. The summed E-state index contributed by atoms with van der Waals surface area (Å²) in [6.45, 7) is 3.30. The SMILES string of the molecule is C[C@@H](O)C1CCN(C(=O)c2cc(Br)cn2C)CC1. The van der Waals surface area contributed by atoms with E-state index < -0.39 is 0 Å². The fourth-order valence-corrected chi connectivity index (χ4v) is 3.01. The van der Waals surface area contributed by atoms with Crippen LogP contribution in [0.4, 0.5) is 0 Å². The molecular formula is C13H19BrN2O2. The molecule has 1 aromatic rings. The van der Waals surface area contributed by atoms with Gasteiger partial charge in [0.05, 0.1) is 6.10 Å². The first-order valence-electron chi connectivity index (χ1n) is 6.28. The molecular weight excluding hydrogens is 296 g/mol. The Kier molecular flexibility index (Phi) is 4.12. The van der Waals surface area contributed by atoms with Gasteiger partial charge in [0.2, 0.25) is 0 Å². The maximum atomic E-state index is 12.3. The number of halogens is 1. The second-order valence-corrected chi connectivity index (χ2v) is 5.94. The zero-order valence-corrected chi connectivity index (χ0v) is 12.4. The van der Waals surface area contributed by atoms with Crippen LogP contribution in [0.2, 0.25) is 0 Å². The lowest BCUT2D eigenvalue weighted by atomic mass is 9.92. The van der Waals surface area contributed by atoms with E-state index in [0.717, 1.165) is 30.4 Å². The number of piperidine rings is 1. The predicted octanol–water partition coefficient (Wildman–Crippen LogP) is 2.02. The van der Waals surface area contributed by atoms with Crippen LogP contribution >= 0.6 is 15.9 Å². The first-order chi connectivity index (χ1) is 8.49. The molecule has 1 aromatic heterocycles. The summed E-state index contributed by atoms with van der Waals surface area (Å²) in [6.07, 6.45) is 3.38. The summed E-state index contributed by atoms with van der Waals surface area (Å²) in [4.78, 5) is 14.2. The monoisotopic (exact) mass is 314 g/mol. The summed E-state index contributed by atoms with van der Waals surface area (Å²) in [6, 6.07) is 1.85. The summed E-state index contributed by atoms with van der Waals surface area (Å²) < 4.78 is 2.76. The van der Waals surface area contributed by atoms with Crippen LogP contribution in [0.3, 0.4) is 0 Å². The molecule has 2 heterocycles. The van der Waals surface area contributed by atoms with Crippen molar-refractivity contribution in [3.05, 3.63) is 22.4 Å². The zero-order valence-electron chi connectivity index (χ0n) is 10.8. The van der Waals surface area contributed by atoms with Crippen LogP contribution in [0.1, 0.15) is 30.3 Å². The molecule has 1 aliphatic rings. The minimum absolute atomic E-state index is 0.0762. The van der Waals surface area contributed by atoms with E-state index in [-0.39, 0.29) is 12.0 Å². The van der Waals surface area contributed by atoms with E-state index in [2.05, 4.69) is 15.9 Å². The number of aliphatic hydroxyl groups is 1. The van der Waals surface area contributed by atoms with Crippen LogP contribution in [0.25, 0.3) is 0 Å². The fraction of sp³-hybridized carbons (Fsp3) is 0.615. The summed E-state index contributed by atoms with van der Waals surface area (Å²) in [7, 11) is 1.88. The minimum atomic E-state index is -0.272. The van der Waals surface area contributed by atoms with Gasteiger partial charge in [-0.15, -0.1) is 0 Å². The number of likely N-dealkylation sites (tertiary alicyclic amines) is 1. The highest BCUT2D eigenvalue weighted by atomic mass is 79.9. The molecule has 0 aliphatic carbocycles. The van der Waals surface area contributed by atoms with Crippen molar-refractivity contribution in [2.75, 3.05) is 13.1 Å². The third-order valence-corrected chi connectivity index (χ3v) is 4.13. The number of aryl methyl sites for hydroxylation is 1. The van der Waals surface area contributed by atoms with E-state index in [9.17, 15) is 9.90 Å². The summed E-state index contributed by atoms with van der Waals surface area (Å²) in [5, 5.41) is 9.55. The summed E-state index contributed by atoms with van der Waals surface area (Å²) >= 11 is 3.38. The Hall–Kier alpha value is -0.810. The Morgan fingerprint density at radius 1 is 1.50 bits per heavy atom. The number of hydrogen-bond acceptors (Lipinski definition) is 2. The average molecular weight is 315 g/mol. The molecule has 0 unspecified atom stereocenters. The highest BCUT2D eigenvalue weighted by molar-refractivity contribution is 9.10. The van der Waals surface area contributed by atoms with Crippen LogP contribution in [0, 0.1) is 5.92 Å². The van der Waals surface area contributed by atoms with Crippen molar-refractivity contribution in [2.45, 2.75) is 25.9 Å². The normalized spacial score (nSPS) is 19.0. The average Bonchev–Trinajstić information content (AvgIpc) is 2.67. The Morgan fingerprint density at radius 3 is 2.56 bits per heavy atom. The van der Waals surface area contributed by atoms with Gasteiger partial charge < -0.3 is 14.6 Å². The van der Waals surface area contributed by atoms with Gasteiger partial charge in [0.25, 0.3) is 5.91 Å². The Labute approximate surface area is 116 Å². The van der Waals surface area contributed by atoms with Gasteiger partial charge in [-0.1, -0.05) is 0 Å². The Balaban J connectivity index is 2.02. The number of aromatic nitrogens is 1. The van der Waals surface area contributed by atoms with Crippen LogP contribution in [-0.4, -0.2) is 39.7 Å². The molecule has 0 radical (unpaired) electrons. The minimum Gasteiger partial charge on any atom is -0.393 e. The highest BCUT2D eigenvalue weighted by Crippen LogP contribution is 2.23. The number of rotatable bonds is 2. The van der Waals surface area contributed by atoms with E-state index >= 15 is 0 Å². The smallest absolute Gasteiger partial charge is 0.270 e. The summed E-state index contributed by atoms with van der Waals surface area (Å²) in [5.41, 5.74) is 0.706. The van der Waals surface area contributed by atoms with E-state index in [0.29, 0.717) is 11.6 Å². The standard InChI is InChI=1S/C13H19BrN2O2/c1-9(17)10-3-5-16(6-4-10)13(18)12-7-11(14)8-15(12)2/h7-10,17H,3-6H2,1-2H3/t9-/m1/s1. The number of nitrogens with zero attached hydrogens (tertiary/aromatic N) is 2. The molecule has 1 atom stereocenters. The number of carbonyl (C=O) groups is 1. The van der Waals surface area contributed by atoms with Crippen LogP contribution in [0.5, 0.6) is 0 Å². The lowest BCUT2D eigenvalue weighted by Crippen LogP contribution is -2.41. The van der Waals surface area contributed by atoms with Gasteiger partial charge in [-0.05, 0) is 47.7 Å². The second-order valence-electron chi connectivity index (χ2n) is 5.02. The van der Waals surface area contributed by atoms with Gasteiger partial charge in [0, 0.05) is 30.8 Å². The highest BCUT2D eigenvalue weighted by Gasteiger charge is 2.27. The molecule has 0 bridgehead atoms. The maximum Gasteiger partial charge on any atom is 0.270 e. The second kappa shape index (κ2) is 5.45. The molecule has 1 fully saturated rings. The molecule has 1 aliphatic heterocycles. The molecule has 1 saturated heterocycles. The molecule has 18 heavy (non-hydrogen) atoms. The molecule has 4 nitrogen and oxygen atoms in total. The number of amides is 1.